The molecule has 7 nitrogen and oxygen atoms in total. The number of aliphatic hydroxyl groups is 1. The van der Waals surface area contributed by atoms with E-state index in [1.165, 1.54) is 11.6 Å². The van der Waals surface area contributed by atoms with Crippen LogP contribution in [0, 0.1) is 12.8 Å². The van der Waals surface area contributed by atoms with E-state index in [4.69, 9.17) is 4.52 Å². The zero-order valence-electron chi connectivity index (χ0n) is 20.0. The Morgan fingerprint density at radius 2 is 1.97 bits per heavy atom. The monoisotopic (exact) mass is 481 g/mol. The maximum atomic E-state index is 11.3. The quantitative estimate of drug-likeness (QED) is 0.364. The summed E-state index contributed by atoms with van der Waals surface area (Å²) < 4.78 is 5.81. The van der Waals surface area contributed by atoms with E-state index in [2.05, 4.69) is 46.2 Å². The fraction of sp³-hybridized carbons (Fsp3) is 0.276. The molecule has 7 heteroatoms. The summed E-state index contributed by atoms with van der Waals surface area (Å²) in [7, 11) is 0. The summed E-state index contributed by atoms with van der Waals surface area (Å²) in [5.74, 6) is 0.773. The summed E-state index contributed by atoms with van der Waals surface area (Å²) in [6.07, 6.45) is 6.76. The summed E-state index contributed by atoms with van der Waals surface area (Å²) in [6, 6.07) is 15.5. The number of aryl methyl sites for hydroxylation is 1. The largest absolute Gasteiger partial charge is 0.477 e. The molecule has 0 atom stereocenters. The van der Waals surface area contributed by atoms with E-state index in [9.17, 15) is 15.0 Å². The van der Waals surface area contributed by atoms with Crippen LogP contribution in [0.5, 0.6) is 0 Å². The molecule has 0 bridgehead atoms. The maximum Gasteiger partial charge on any atom is 0.354 e. The number of aromatic carboxylic acids is 1. The van der Waals surface area contributed by atoms with Gasteiger partial charge in [-0.3, -0.25) is 0 Å². The SMILES string of the molecule is Cc1ccccc1-c1noc(C2CC2)c1/C=C/C1CN(c2ccc3nc(C(=O)O)cc(CO)c3c2)C1. The van der Waals surface area contributed by atoms with Gasteiger partial charge < -0.3 is 19.6 Å². The Balaban J connectivity index is 1.22. The Labute approximate surface area is 208 Å². The number of rotatable bonds is 7. The number of aliphatic hydroxyl groups excluding tert-OH is 1. The summed E-state index contributed by atoms with van der Waals surface area (Å²) in [5, 5.41) is 24.3. The first-order chi connectivity index (χ1) is 17.5. The predicted octanol–water partition coefficient (Wildman–Crippen LogP) is 5.42. The smallest absolute Gasteiger partial charge is 0.354 e. The van der Waals surface area contributed by atoms with Crippen LogP contribution in [-0.2, 0) is 6.61 Å². The topological polar surface area (TPSA) is 99.7 Å². The van der Waals surface area contributed by atoms with Gasteiger partial charge in [0.1, 0.15) is 17.1 Å². The third-order valence-corrected chi connectivity index (χ3v) is 7.18. The molecule has 1 saturated carbocycles. The van der Waals surface area contributed by atoms with Crippen molar-refractivity contribution in [3.8, 4) is 11.3 Å². The molecule has 2 aromatic heterocycles. The second-order valence-corrected chi connectivity index (χ2v) is 9.75. The number of nitrogens with zero attached hydrogens (tertiary/aromatic N) is 3. The van der Waals surface area contributed by atoms with Crippen LogP contribution in [0.1, 0.15) is 51.7 Å². The summed E-state index contributed by atoms with van der Waals surface area (Å²) >= 11 is 0. The molecule has 1 saturated heterocycles. The van der Waals surface area contributed by atoms with Crippen molar-refractivity contribution in [2.75, 3.05) is 18.0 Å². The molecule has 1 aliphatic heterocycles. The van der Waals surface area contributed by atoms with Gasteiger partial charge in [-0.25, -0.2) is 9.78 Å². The van der Waals surface area contributed by atoms with Crippen LogP contribution in [0.3, 0.4) is 0 Å². The van der Waals surface area contributed by atoms with Crippen LogP contribution >= 0.6 is 0 Å². The van der Waals surface area contributed by atoms with Gasteiger partial charge in [-0.05, 0) is 55.2 Å². The molecule has 0 spiro atoms. The van der Waals surface area contributed by atoms with Crippen LogP contribution in [0.2, 0.25) is 0 Å². The molecule has 2 fully saturated rings. The van der Waals surface area contributed by atoms with Gasteiger partial charge in [-0.2, -0.15) is 0 Å². The van der Waals surface area contributed by atoms with Crippen LogP contribution in [0.25, 0.3) is 28.2 Å². The Hall–Kier alpha value is -3.97. The van der Waals surface area contributed by atoms with E-state index >= 15 is 0 Å². The zero-order chi connectivity index (χ0) is 24.8. The van der Waals surface area contributed by atoms with Gasteiger partial charge in [0.05, 0.1) is 12.1 Å². The van der Waals surface area contributed by atoms with Crippen LogP contribution in [-0.4, -0.2) is 39.4 Å². The van der Waals surface area contributed by atoms with Crippen LogP contribution in [0.4, 0.5) is 5.69 Å². The van der Waals surface area contributed by atoms with Crippen molar-refractivity contribution in [3.05, 3.63) is 82.8 Å². The Morgan fingerprint density at radius 3 is 2.69 bits per heavy atom. The first-order valence-corrected chi connectivity index (χ1v) is 12.3. The predicted molar refractivity (Wildman–Crippen MR) is 138 cm³/mol. The first kappa shape index (κ1) is 22.5. The molecule has 36 heavy (non-hydrogen) atoms. The van der Waals surface area contributed by atoms with Crippen molar-refractivity contribution in [1.82, 2.24) is 10.1 Å². The average molecular weight is 482 g/mol. The van der Waals surface area contributed by atoms with E-state index < -0.39 is 5.97 Å². The molecule has 2 aliphatic rings. The number of benzene rings is 2. The molecule has 0 amide bonds. The first-order valence-electron chi connectivity index (χ1n) is 12.3. The minimum absolute atomic E-state index is 0.0576. The van der Waals surface area contributed by atoms with Gasteiger partial charge >= 0.3 is 5.97 Å². The second-order valence-electron chi connectivity index (χ2n) is 9.75. The lowest BCUT2D eigenvalue weighted by Crippen LogP contribution is -2.45. The van der Waals surface area contributed by atoms with Gasteiger partial charge in [-0.1, -0.05) is 41.6 Å². The highest BCUT2D eigenvalue weighted by atomic mass is 16.5. The average Bonchev–Trinajstić information content (AvgIpc) is 3.62. The van der Waals surface area contributed by atoms with Crippen LogP contribution in [0.15, 0.2) is 59.1 Å². The van der Waals surface area contributed by atoms with E-state index in [1.807, 2.05) is 30.3 Å². The number of pyridine rings is 1. The highest BCUT2D eigenvalue weighted by Gasteiger charge is 2.32. The van der Waals surface area contributed by atoms with Gasteiger partial charge in [0.25, 0.3) is 0 Å². The molecule has 0 radical (unpaired) electrons. The standard InChI is InChI=1S/C29H27N3O4/c1-17-4-2-3-5-22(17)27-23(28(36-31-27)19-7-8-19)10-6-18-14-32(15-18)21-9-11-25-24(13-21)20(16-33)12-26(30-25)29(34)35/h2-6,9-13,18-19,33H,7-8,14-16H2,1H3,(H,34,35)/b10-6+. The number of hydrogen-bond donors (Lipinski definition) is 2. The number of carboxylic acids is 1. The van der Waals surface area contributed by atoms with Crippen molar-refractivity contribution < 1.29 is 19.5 Å². The Morgan fingerprint density at radius 1 is 1.17 bits per heavy atom. The van der Waals surface area contributed by atoms with Gasteiger partial charge in [0.2, 0.25) is 0 Å². The minimum Gasteiger partial charge on any atom is -0.477 e. The molecule has 6 rings (SSSR count). The molecule has 2 aromatic carbocycles. The summed E-state index contributed by atoms with van der Waals surface area (Å²) in [5.41, 5.74) is 6.43. The second kappa shape index (κ2) is 8.91. The fourth-order valence-corrected chi connectivity index (χ4v) is 4.94. The third kappa shape index (κ3) is 4.05. The summed E-state index contributed by atoms with van der Waals surface area (Å²) in [6.45, 7) is 3.61. The van der Waals surface area contributed by atoms with Crippen LogP contribution < -0.4 is 4.90 Å². The number of aromatic nitrogens is 2. The molecular formula is C29H27N3O4. The van der Waals surface area contributed by atoms with Crippen molar-refractivity contribution in [3.63, 3.8) is 0 Å². The Bertz CT molecular complexity index is 1500. The van der Waals surface area contributed by atoms with Crippen molar-refractivity contribution in [2.45, 2.75) is 32.3 Å². The van der Waals surface area contributed by atoms with E-state index in [0.717, 1.165) is 59.6 Å². The zero-order valence-corrected chi connectivity index (χ0v) is 20.0. The lowest BCUT2D eigenvalue weighted by molar-refractivity contribution is 0.0690. The maximum absolute atomic E-state index is 11.3. The van der Waals surface area contributed by atoms with Gasteiger partial charge in [0.15, 0.2) is 0 Å². The molecule has 2 N–H and O–H groups in total. The summed E-state index contributed by atoms with van der Waals surface area (Å²) in [4.78, 5) is 17.8. The lowest BCUT2D eigenvalue weighted by Gasteiger charge is -2.40. The number of carbonyl (C=O) groups is 1. The third-order valence-electron chi connectivity index (χ3n) is 7.18. The molecule has 1 aliphatic carbocycles. The highest BCUT2D eigenvalue weighted by Crippen LogP contribution is 2.45. The fourth-order valence-electron chi connectivity index (χ4n) is 4.94. The van der Waals surface area contributed by atoms with E-state index in [1.54, 1.807) is 0 Å². The number of carboxylic acid groups (broad SMARTS) is 1. The number of anilines is 1. The molecule has 0 unspecified atom stereocenters. The normalized spacial score (nSPS) is 16.1. The molecule has 3 heterocycles. The molecule has 182 valence electrons. The minimum atomic E-state index is -1.10. The highest BCUT2D eigenvalue weighted by molar-refractivity contribution is 5.92. The van der Waals surface area contributed by atoms with E-state index in [-0.39, 0.29) is 12.3 Å². The van der Waals surface area contributed by atoms with Gasteiger partial charge in [-0.15, -0.1) is 0 Å². The van der Waals surface area contributed by atoms with Crippen molar-refractivity contribution in [2.24, 2.45) is 5.92 Å². The molecular weight excluding hydrogens is 454 g/mol. The Kier molecular flexibility index (Phi) is 5.57. The number of hydrogen-bond acceptors (Lipinski definition) is 6. The van der Waals surface area contributed by atoms with E-state index in [0.29, 0.717) is 22.9 Å². The van der Waals surface area contributed by atoms with Crippen molar-refractivity contribution >= 4 is 28.6 Å². The van der Waals surface area contributed by atoms with Gasteiger partial charge in [0, 0.05) is 47.1 Å². The number of fused-ring (bicyclic) bond motifs is 1. The molecule has 4 aromatic rings. The van der Waals surface area contributed by atoms with Crippen molar-refractivity contribution in [1.29, 1.82) is 0 Å². The lowest BCUT2D eigenvalue weighted by atomic mass is 9.95.